The average molecular weight is 394 g/mol. The molecule has 0 unspecified atom stereocenters. The maximum Gasteiger partial charge on any atom is 0.243 e. The van der Waals surface area contributed by atoms with Crippen molar-refractivity contribution >= 4 is 10.0 Å². The number of ether oxygens (including phenoxy) is 1. The highest BCUT2D eigenvalue weighted by Crippen LogP contribution is 2.36. The van der Waals surface area contributed by atoms with E-state index in [0.29, 0.717) is 23.1 Å². The van der Waals surface area contributed by atoms with Crippen LogP contribution in [0.4, 0.5) is 0 Å². The summed E-state index contributed by atoms with van der Waals surface area (Å²) < 4.78 is 33.6. The fourth-order valence-corrected chi connectivity index (χ4v) is 5.15. The molecule has 1 fully saturated rings. The molecule has 1 aromatic heterocycles. The zero-order valence-electron chi connectivity index (χ0n) is 15.7. The Bertz CT molecular complexity index is 1030. The first-order valence-electron chi connectivity index (χ1n) is 9.31. The Morgan fingerprint density at radius 3 is 2.43 bits per heavy atom. The second-order valence-corrected chi connectivity index (χ2v) is 8.82. The van der Waals surface area contributed by atoms with Crippen LogP contribution in [0.5, 0.6) is 11.6 Å². The molecule has 0 saturated carbocycles. The quantitative estimate of drug-likeness (QED) is 0.629. The SMILES string of the molecule is Cc1ccc(S(=O)(=O)N2CCC[C@@H]2c2ccc(Oc3ccccc3)nc2)cc1. The lowest BCUT2D eigenvalue weighted by molar-refractivity contribution is 0.395. The van der Waals surface area contributed by atoms with Crippen LogP contribution < -0.4 is 4.74 Å². The molecule has 0 N–H and O–H groups in total. The standard InChI is InChI=1S/C22H22N2O3S/c1-17-9-12-20(13-10-17)28(25,26)24-15-5-8-21(24)18-11-14-22(23-16-18)27-19-6-3-2-4-7-19/h2-4,6-7,9-14,16,21H,5,8,15H2,1H3/t21-/m1/s1. The van der Waals surface area contributed by atoms with Gasteiger partial charge in [0.1, 0.15) is 5.75 Å². The van der Waals surface area contributed by atoms with Crippen molar-refractivity contribution < 1.29 is 13.2 Å². The van der Waals surface area contributed by atoms with E-state index in [1.54, 1.807) is 28.7 Å². The van der Waals surface area contributed by atoms with Crippen LogP contribution in [0.3, 0.4) is 0 Å². The van der Waals surface area contributed by atoms with Crippen molar-refractivity contribution in [1.29, 1.82) is 0 Å². The third-order valence-corrected chi connectivity index (χ3v) is 6.86. The van der Waals surface area contributed by atoms with E-state index in [2.05, 4.69) is 4.98 Å². The molecule has 6 heteroatoms. The highest BCUT2D eigenvalue weighted by Gasteiger charge is 2.36. The molecule has 0 aliphatic carbocycles. The van der Waals surface area contributed by atoms with Gasteiger partial charge < -0.3 is 4.74 Å². The predicted molar refractivity (Wildman–Crippen MR) is 108 cm³/mol. The zero-order chi connectivity index (χ0) is 19.6. The Labute approximate surface area is 165 Å². The molecule has 3 aromatic rings. The Morgan fingerprint density at radius 2 is 1.75 bits per heavy atom. The molecular weight excluding hydrogens is 372 g/mol. The minimum absolute atomic E-state index is 0.204. The molecule has 2 heterocycles. The fraction of sp³-hybridized carbons (Fsp3) is 0.227. The summed E-state index contributed by atoms with van der Waals surface area (Å²) in [4.78, 5) is 4.71. The van der Waals surface area contributed by atoms with Gasteiger partial charge in [-0.25, -0.2) is 13.4 Å². The number of sulfonamides is 1. The summed E-state index contributed by atoms with van der Waals surface area (Å²) in [5, 5.41) is 0. The van der Waals surface area contributed by atoms with Gasteiger partial charge in [0.25, 0.3) is 0 Å². The number of aromatic nitrogens is 1. The fourth-order valence-electron chi connectivity index (χ4n) is 3.47. The zero-order valence-corrected chi connectivity index (χ0v) is 16.5. The van der Waals surface area contributed by atoms with Gasteiger partial charge in [0.05, 0.1) is 10.9 Å². The number of aryl methyl sites for hydroxylation is 1. The Kier molecular flexibility index (Phi) is 5.15. The van der Waals surface area contributed by atoms with Crippen LogP contribution in [0.1, 0.15) is 30.0 Å². The van der Waals surface area contributed by atoms with Crippen molar-refractivity contribution in [1.82, 2.24) is 9.29 Å². The van der Waals surface area contributed by atoms with Gasteiger partial charge in [-0.2, -0.15) is 4.31 Å². The van der Waals surface area contributed by atoms with E-state index >= 15 is 0 Å². The summed E-state index contributed by atoms with van der Waals surface area (Å²) in [6.07, 6.45) is 3.33. The van der Waals surface area contributed by atoms with Crippen molar-refractivity contribution in [3.8, 4) is 11.6 Å². The molecule has 5 nitrogen and oxygen atoms in total. The highest BCUT2D eigenvalue weighted by molar-refractivity contribution is 7.89. The second kappa shape index (κ2) is 7.73. The number of rotatable bonds is 5. The molecule has 0 bridgehead atoms. The van der Waals surface area contributed by atoms with Gasteiger partial charge >= 0.3 is 0 Å². The molecule has 0 spiro atoms. The number of hydrogen-bond donors (Lipinski definition) is 0. The van der Waals surface area contributed by atoms with Gasteiger partial charge in [0.2, 0.25) is 15.9 Å². The maximum atomic E-state index is 13.1. The Hall–Kier alpha value is -2.70. The van der Waals surface area contributed by atoms with Crippen LogP contribution in [0.15, 0.2) is 77.8 Å². The molecule has 0 amide bonds. The first-order valence-corrected chi connectivity index (χ1v) is 10.8. The summed E-state index contributed by atoms with van der Waals surface area (Å²) in [6.45, 7) is 2.46. The Balaban J connectivity index is 1.55. The van der Waals surface area contributed by atoms with Crippen molar-refractivity contribution in [2.45, 2.75) is 30.7 Å². The van der Waals surface area contributed by atoms with Crippen LogP contribution in [0.2, 0.25) is 0 Å². The summed E-state index contributed by atoms with van der Waals surface area (Å²) in [5.41, 5.74) is 1.92. The molecule has 1 aliphatic rings. The number of nitrogens with zero attached hydrogens (tertiary/aromatic N) is 2. The molecule has 1 atom stereocenters. The predicted octanol–water partition coefficient (Wildman–Crippen LogP) is 4.71. The van der Waals surface area contributed by atoms with Gasteiger partial charge in [-0.05, 0) is 49.6 Å². The lowest BCUT2D eigenvalue weighted by atomic mass is 10.1. The molecule has 4 rings (SSSR count). The van der Waals surface area contributed by atoms with E-state index in [0.717, 1.165) is 24.0 Å². The van der Waals surface area contributed by atoms with Crippen LogP contribution in [0.25, 0.3) is 0 Å². The lowest BCUT2D eigenvalue weighted by Crippen LogP contribution is -2.30. The van der Waals surface area contributed by atoms with E-state index in [1.807, 2.05) is 55.5 Å². The van der Waals surface area contributed by atoms with Crippen molar-refractivity contribution in [3.63, 3.8) is 0 Å². The second-order valence-electron chi connectivity index (χ2n) is 6.93. The maximum absolute atomic E-state index is 13.1. The third kappa shape index (κ3) is 3.79. The van der Waals surface area contributed by atoms with Gasteiger partial charge in [-0.1, -0.05) is 42.0 Å². The molecule has 1 aliphatic heterocycles. The highest BCUT2D eigenvalue weighted by atomic mass is 32.2. The topological polar surface area (TPSA) is 59.5 Å². The van der Waals surface area contributed by atoms with Gasteiger partial charge in [0, 0.05) is 18.8 Å². The van der Waals surface area contributed by atoms with E-state index in [4.69, 9.17) is 4.74 Å². The third-order valence-electron chi connectivity index (χ3n) is 4.94. The van der Waals surface area contributed by atoms with Gasteiger partial charge in [-0.3, -0.25) is 0 Å². The number of para-hydroxylation sites is 1. The first-order chi connectivity index (χ1) is 13.5. The largest absolute Gasteiger partial charge is 0.439 e. The van der Waals surface area contributed by atoms with Crippen LogP contribution in [-0.4, -0.2) is 24.3 Å². The molecule has 144 valence electrons. The summed E-state index contributed by atoms with van der Waals surface area (Å²) >= 11 is 0. The Morgan fingerprint density at radius 1 is 1.00 bits per heavy atom. The van der Waals surface area contributed by atoms with Crippen molar-refractivity contribution in [2.24, 2.45) is 0 Å². The van der Waals surface area contributed by atoms with Crippen LogP contribution in [-0.2, 0) is 10.0 Å². The molecule has 2 aromatic carbocycles. The number of pyridine rings is 1. The normalized spacial score (nSPS) is 17.5. The van der Waals surface area contributed by atoms with Crippen molar-refractivity contribution in [2.75, 3.05) is 6.54 Å². The van der Waals surface area contributed by atoms with Gasteiger partial charge in [0.15, 0.2) is 0 Å². The first kappa shape index (κ1) is 18.7. The molecule has 28 heavy (non-hydrogen) atoms. The molecular formula is C22H22N2O3S. The lowest BCUT2D eigenvalue weighted by Gasteiger charge is -2.24. The summed E-state index contributed by atoms with van der Waals surface area (Å²) in [7, 11) is -3.54. The molecule has 1 saturated heterocycles. The van der Waals surface area contributed by atoms with E-state index in [1.165, 1.54) is 0 Å². The minimum atomic E-state index is -3.54. The van der Waals surface area contributed by atoms with E-state index < -0.39 is 10.0 Å². The average Bonchev–Trinajstić information content (AvgIpc) is 3.21. The minimum Gasteiger partial charge on any atom is -0.439 e. The molecule has 0 radical (unpaired) electrons. The smallest absolute Gasteiger partial charge is 0.243 e. The summed E-state index contributed by atoms with van der Waals surface area (Å²) in [5.74, 6) is 1.20. The number of hydrogen-bond acceptors (Lipinski definition) is 4. The van der Waals surface area contributed by atoms with E-state index in [-0.39, 0.29) is 6.04 Å². The number of benzene rings is 2. The van der Waals surface area contributed by atoms with Gasteiger partial charge in [-0.15, -0.1) is 0 Å². The summed E-state index contributed by atoms with van der Waals surface area (Å²) in [6, 6.07) is 19.9. The van der Waals surface area contributed by atoms with Crippen LogP contribution >= 0.6 is 0 Å². The van der Waals surface area contributed by atoms with Crippen molar-refractivity contribution in [3.05, 3.63) is 84.1 Å². The van der Waals surface area contributed by atoms with E-state index in [9.17, 15) is 8.42 Å². The monoisotopic (exact) mass is 394 g/mol. The van der Waals surface area contributed by atoms with Crippen LogP contribution in [0, 0.1) is 6.92 Å².